The average Bonchev–Trinajstić information content (AvgIpc) is 2.41. The number of amides is 1. The maximum Gasteiger partial charge on any atom is 0.244 e. The van der Waals surface area contributed by atoms with Crippen LogP contribution < -0.4 is 5.32 Å². The number of benzene rings is 1. The summed E-state index contributed by atoms with van der Waals surface area (Å²) >= 11 is 11.7. The molecule has 20 heavy (non-hydrogen) atoms. The molecule has 6 heteroatoms. The van der Waals surface area contributed by atoms with Crippen LogP contribution in [0.2, 0.25) is 10.0 Å². The highest BCUT2D eigenvalue weighted by Crippen LogP contribution is 2.23. The summed E-state index contributed by atoms with van der Waals surface area (Å²) < 4.78 is 4.97. The Morgan fingerprint density at radius 2 is 2.20 bits per heavy atom. The van der Waals surface area contributed by atoms with E-state index in [4.69, 9.17) is 33.0 Å². The van der Waals surface area contributed by atoms with Crippen LogP contribution in [0, 0.1) is 0 Å². The molecule has 1 atom stereocenters. The van der Waals surface area contributed by atoms with Gasteiger partial charge in [-0.2, -0.15) is 0 Å². The van der Waals surface area contributed by atoms with Crippen LogP contribution in [-0.4, -0.2) is 37.4 Å². The Morgan fingerprint density at radius 3 is 2.80 bits per heavy atom. The van der Waals surface area contributed by atoms with Gasteiger partial charge in [0.2, 0.25) is 5.91 Å². The third-order valence-electron chi connectivity index (χ3n) is 2.56. The second kappa shape index (κ2) is 8.97. The van der Waals surface area contributed by atoms with Crippen LogP contribution in [0.5, 0.6) is 0 Å². The standard InChI is InChI=1S/C14H17Cl2NO3/c1-20-9-11(6-7-18)17-14(19)5-3-10-2-4-12(15)13(16)8-10/h2-5,8,11,18H,6-7,9H2,1H3,(H,17,19)/b5-3+. The monoisotopic (exact) mass is 317 g/mol. The van der Waals surface area contributed by atoms with Gasteiger partial charge < -0.3 is 15.2 Å². The molecule has 0 saturated heterocycles. The highest BCUT2D eigenvalue weighted by molar-refractivity contribution is 6.42. The predicted molar refractivity (Wildman–Crippen MR) is 81.0 cm³/mol. The number of hydrogen-bond acceptors (Lipinski definition) is 3. The molecule has 0 aromatic heterocycles. The molecule has 2 N–H and O–H groups in total. The van der Waals surface area contributed by atoms with Gasteiger partial charge in [-0.3, -0.25) is 4.79 Å². The first-order valence-corrected chi connectivity index (χ1v) is 6.86. The second-order valence-corrected chi connectivity index (χ2v) is 4.99. The van der Waals surface area contributed by atoms with Crippen LogP contribution in [0.3, 0.4) is 0 Å². The van der Waals surface area contributed by atoms with E-state index < -0.39 is 0 Å². The molecule has 0 fully saturated rings. The number of carbonyl (C=O) groups is 1. The molecule has 1 aromatic rings. The number of halogens is 2. The quantitative estimate of drug-likeness (QED) is 0.760. The van der Waals surface area contributed by atoms with E-state index in [-0.39, 0.29) is 18.6 Å². The minimum Gasteiger partial charge on any atom is -0.396 e. The van der Waals surface area contributed by atoms with Crippen molar-refractivity contribution in [3.63, 3.8) is 0 Å². The van der Waals surface area contributed by atoms with E-state index >= 15 is 0 Å². The smallest absolute Gasteiger partial charge is 0.244 e. The van der Waals surface area contributed by atoms with E-state index in [0.29, 0.717) is 23.1 Å². The highest BCUT2D eigenvalue weighted by Gasteiger charge is 2.09. The number of rotatable bonds is 7. The van der Waals surface area contributed by atoms with E-state index in [2.05, 4.69) is 5.32 Å². The summed E-state index contributed by atoms with van der Waals surface area (Å²) in [5.74, 6) is -0.258. The Kier molecular flexibility index (Phi) is 7.62. The maximum absolute atomic E-state index is 11.7. The molecular weight excluding hydrogens is 301 g/mol. The molecule has 1 aromatic carbocycles. The molecular formula is C14H17Cl2NO3. The Hall–Kier alpha value is -1.07. The normalized spacial score (nSPS) is 12.6. The Morgan fingerprint density at radius 1 is 1.45 bits per heavy atom. The second-order valence-electron chi connectivity index (χ2n) is 4.18. The van der Waals surface area contributed by atoms with E-state index in [9.17, 15) is 4.79 Å². The fraction of sp³-hybridized carbons (Fsp3) is 0.357. The van der Waals surface area contributed by atoms with Gasteiger partial charge in [-0.15, -0.1) is 0 Å². The molecule has 0 aliphatic carbocycles. The summed E-state index contributed by atoms with van der Waals surface area (Å²) in [5.41, 5.74) is 0.778. The Balaban J connectivity index is 2.59. The molecule has 0 heterocycles. The van der Waals surface area contributed by atoms with Gasteiger partial charge in [0.25, 0.3) is 0 Å². The maximum atomic E-state index is 11.7. The van der Waals surface area contributed by atoms with Crippen LogP contribution >= 0.6 is 23.2 Å². The number of aliphatic hydroxyl groups excluding tert-OH is 1. The summed E-state index contributed by atoms with van der Waals surface area (Å²) in [6.45, 7) is 0.345. The van der Waals surface area contributed by atoms with E-state index in [1.807, 2.05) is 0 Å². The van der Waals surface area contributed by atoms with Crippen molar-refractivity contribution in [2.24, 2.45) is 0 Å². The van der Waals surface area contributed by atoms with Crippen molar-refractivity contribution in [3.8, 4) is 0 Å². The van der Waals surface area contributed by atoms with Gasteiger partial charge >= 0.3 is 0 Å². The molecule has 0 bridgehead atoms. The number of ether oxygens (including phenoxy) is 1. The van der Waals surface area contributed by atoms with Gasteiger partial charge in [0.1, 0.15) is 0 Å². The largest absolute Gasteiger partial charge is 0.396 e. The zero-order valence-electron chi connectivity index (χ0n) is 11.1. The molecule has 0 aliphatic heterocycles. The van der Waals surface area contributed by atoms with Gasteiger partial charge in [0.05, 0.1) is 22.7 Å². The summed E-state index contributed by atoms with van der Waals surface area (Å²) in [6, 6.07) is 4.89. The molecule has 0 aliphatic rings. The van der Waals surface area contributed by atoms with E-state index in [0.717, 1.165) is 5.56 Å². The zero-order valence-corrected chi connectivity index (χ0v) is 12.6. The summed E-state index contributed by atoms with van der Waals surface area (Å²) in [5, 5.41) is 12.5. The van der Waals surface area contributed by atoms with E-state index in [1.54, 1.807) is 31.4 Å². The van der Waals surface area contributed by atoms with Gasteiger partial charge in [0.15, 0.2) is 0 Å². The van der Waals surface area contributed by atoms with Crippen molar-refractivity contribution < 1.29 is 14.6 Å². The Bertz CT molecular complexity index is 471. The summed E-state index contributed by atoms with van der Waals surface area (Å²) in [7, 11) is 1.54. The minimum absolute atomic E-state index is 0.00911. The SMILES string of the molecule is COCC(CCO)NC(=O)/C=C/c1ccc(Cl)c(Cl)c1. The van der Waals surface area contributed by atoms with Crippen LogP contribution in [0.15, 0.2) is 24.3 Å². The van der Waals surface area contributed by atoms with Crippen LogP contribution in [-0.2, 0) is 9.53 Å². The molecule has 0 spiro atoms. The predicted octanol–water partition coefficient (Wildman–Crippen LogP) is 2.52. The number of hydrogen-bond donors (Lipinski definition) is 2. The lowest BCUT2D eigenvalue weighted by molar-refractivity contribution is -0.117. The molecule has 4 nitrogen and oxygen atoms in total. The molecule has 1 amide bonds. The molecule has 1 unspecified atom stereocenters. The highest BCUT2D eigenvalue weighted by atomic mass is 35.5. The summed E-state index contributed by atoms with van der Waals surface area (Å²) in [4.78, 5) is 11.7. The van der Waals surface area contributed by atoms with Gasteiger partial charge in [-0.25, -0.2) is 0 Å². The number of methoxy groups -OCH3 is 1. The van der Waals surface area contributed by atoms with Gasteiger partial charge in [-0.1, -0.05) is 29.3 Å². The van der Waals surface area contributed by atoms with Crippen molar-refractivity contribution in [2.75, 3.05) is 20.3 Å². The van der Waals surface area contributed by atoms with Crippen LogP contribution in [0.4, 0.5) is 0 Å². The molecule has 0 saturated carbocycles. The number of nitrogens with one attached hydrogen (secondary N) is 1. The molecule has 110 valence electrons. The first kappa shape index (κ1) is 17.0. The third kappa shape index (κ3) is 5.92. The topological polar surface area (TPSA) is 58.6 Å². The van der Waals surface area contributed by atoms with Crippen LogP contribution in [0.1, 0.15) is 12.0 Å². The fourth-order valence-corrected chi connectivity index (χ4v) is 1.90. The average molecular weight is 318 g/mol. The summed E-state index contributed by atoms with van der Waals surface area (Å²) in [6.07, 6.45) is 3.49. The number of aliphatic hydroxyl groups is 1. The minimum atomic E-state index is -0.258. The zero-order chi connectivity index (χ0) is 15.0. The van der Waals surface area contributed by atoms with Crippen molar-refractivity contribution in [1.82, 2.24) is 5.32 Å². The van der Waals surface area contributed by atoms with Crippen LogP contribution in [0.25, 0.3) is 6.08 Å². The molecule has 1 rings (SSSR count). The lowest BCUT2D eigenvalue weighted by Crippen LogP contribution is -2.37. The fourth-order valence-electron chi connectivity index (χ4n) is 1.59. The van der Waals surface area contributed by atoms with Crippen molar-refractivity contribution in [2.45, 2.75) is 12.5 Å². The van der Waals surface area contributed by atoms with Crippen molar-refractivity contribution >= 4 is 35.2 Å². The first-order chi connectivity index (χ1) is 9.56. The first-order valence-electron chi connectivity index (χ1n) is 6.10. The van der Waals surface area contributed by atoms with Crippen molar-refractivity contribution in [3.05, 3.63) is 39.9 Å². The lowest BCUT2D eigenvalue weighted by atomic mass is 10.2. The van der Waals surface area contributed by atoms with E-state index in [1.165, 1.54) is 6.08 Å². The lowest BCUT2D eigenvalue weighted by Gasteiger charge is -2.15. The van der Waals surface area contributed by atoms with Gasteiger partial charge in [-0.05, 0) is 30.2 Å². The Labute approximate surface area is 128 Å². The number of carbonyl (C=O) groups excluding carboxylic acids is 1. The molecule has 0 radical (unpaired) electrons. The van der Waals surface area contributed by atoms with Crippen molar-refractivity contribution in [1.29, 1.82) is 0 Å². The van der Waals surface area contributed by atoms with Gasteiger partial charge in [0, 0.05) is 19.8 Å². The third-order valence-corrected chi connectivity index (χ3v) is 3.30.